The SMILES string of the molecule is C=C[CH2][Sn][c]1ccccc1C=C. The molecule has 60 valence electrons. The Morgan fingerprint density at radius 3 is 2.67 bits per heavy atom. The molecule has 0 nitrogen and oxygen atoms in total. The second-order valence-corrected chi connectivity index (χ2v) is 6.17. The molecule has 0 N–H and O–H groups in total. The summed E-state index contributed by atoms with van der Waals surface area (Å²) in [5, 5.41) is 0. The van der Waals surface area contributed by atoms with Crippen molar-refractivity contribution in [3.63, 3.8) is 0 Å². The minimum absolute atomic E-state index is 0.410. The minimum atomic E-state index is -0.410. The topological polar surface area (TPSA) is 0 Å². The number of benzene rings is 1. The van der Waals surface area contributed by atoms with Crippen molar-refractivity contribution in [1.29, 1.82) is 0 Å². The molecule has 0 atom stereocenters. The standard InChI is InChI=1S/C8H7.C3H5.Sn/c1-2-8-6-4-3-5-7-8;1-3-2;/h2-6H,1H2;3H,1-2H2;. The van der Waals surface area contributed by atoms with Gasteiger partial charge in [-0.25, -0.2) is 0 Å². The van der Waals surface area contributed by atoms with Crippen LogP contribution >= 0.6 is 0 Å². The van der Waals surface area contributed by atoms with Crippen LogP contribution in [0.2, 0.25) is 4.44 Å². The zero-order valence-corrected chi connectivity index (χ0v) is 9.94. The molecule has 12 heavy (non-hydrogen) atoms. The molecule has 0 saturated heterocycles. The van der Waals surface area contributed by atoms with Gasteiger partial charge >= 0.3 is 84.3 Å². The molecule has 2 radical (unpaired) electrons. The summed E-state index contributed by atoms with van der Waals surface area (Å²) in [5.41, 5.74) is 1.31. The average Bonchev–Trinajstić information content (AvgIpc) is 2.15. The third-order valence-electron chi connectivity index (χ3n) is 1.62. The first kappa shape index (κ1) is 9.59. The Hall–Kier alpha value is -0.501. The molecular weight excluding hydrogens is 251 g/mol. The van der Waals surface area contributed by atoms with Gasteiger partial charge in [0, 0.05) is 0 Å². The van der Waals surface area contributed by atoms with Crippen molar-refractivity contribution in [2.75, 3.05) is 0 Å². The van der Waals surface area contributed by atoms with Crippen LogP contribution in [0.15, 0.2) is 43.5 Å². The van der Waals surface area contributed by atoms with Gasteiger partial charge in [0.2, 0.25) is 0 Å². The summed E-state index contributed by atoms with van der Waals surface area (Å²) >= 11 is -0.410. The summed E-state index contributed by atoms with van der Waals surface area (Å²) in [6, 6.07) is 8.51. The van der Waals surface area contributed by atoms with E-state index in [0.717, 1.165) is 0 Å². The summed E-state index contributed by atoms with van der Waals surface area (Å²) in [5.74, 6) is 0. The fraction of sp³-hybridized carbons (Fsp3) is 0.0909. The van der Waals surface area contributed by atoms with Crippen LogP contribution in [0.1, 0.15) is 5.56 Å². The molecule has 0 heterocycles. The molecule has 0 aliphatic rings. The molecule has 0 amide bonds. The van der Waals surface area contributed by atoms with Crippen molar-refractivity contribution in [2.45, 2.75) is 4.44 Å². The zero-order chi connectivity index (χ0) is 8.81. The third kappa shape index (κ3) is 2.52. The van der Waals surface area contributed by atoms with Gasteiger partial charge in [-0.1, -0.05) is 0 Å². The first-order valence-electron chi connectivity index (χ1n) is 3.94. The summed E-state index contributed by atoms with van der Waals surface area (Å²) in [6.07, 6.45) is 3.96. The van der Waals surface area contributed by atoms with Gasteiger partial charge in [0.15, 0.2) is 0 Å². The van der Waals surface area contributed by atoms with Gasteiger partial charge < -0.3 is 0 Å². The van der Waals surface area contributed by atoms with Crippen molar-refractivity contribution in [2.24, 2.45) is 0 Å². The van der Waals surface area contributed by atoms with E-state index in [9.17, 15) is 0 Å². The van der Waals surface area contributed by atoms with Crippen LogP contribution in [0, 0.1) is 0 Å². The molecule has 1 aromatic rings. The van der Waals surface area contributed by atoms with Gasteiger partial charge in [-0.15, -0.1) is 0 Å². The second kappa shape index (κ2) is 5.20. The predicted octanol–water partition coefficient (Wildman–Crippen LogP) is 2.26. The van der Waals surface area contributed by atoms with Crippen molar-refractivity contribution < 1.29 is 0 Å². The van der Waals surface area contributed by atoms with Gasteiger partial charge in [0.1, 0.15) is 0 Å². The van der Waals surface area contributed by atoms with Crippen LogP contribution in [0.4, 0.5) is 0 Å². The van der Waals surface area contributed by atoms with E-state index in [1.807, 2.05) is 12.2 Å². The second-order valence-electron chi connectivity index (χ2n) is 2.46. The van der Waals surface area contributed by atoms with Gasteiger partial charge in [0.05, 0.1) is 0 Å². The molecule has 0 bridgehead atoms. The molecular formula is C11H12Sn. The molecule has 1 aromatic carbocycles. The number of allylic oxidation sites excluding steroid dienone is 1. The average molecular weight is 263 g/mol. The summed E-state index contributed by atoms with van der Waals surface area (Å²) in [7, 11) is 0. The van der Waals surface area contributed by atoms with E-state index in [4.69, 9.17) is 0 Å². The molecule has 1 rings (SSSR count). The molecule has 0 spiro atoms. The van der Waals surface area contributed by atoms with E-state index in [0.29, 0.717) is 0 Å². The quantitative estimate of drug-likeness (QED) is 0.577. The molecule has 0 unspecified atom stereocenters. The number of hydrogen-bond donors (Lipinski definition) is 0. The van der Waals surface area contributed by atoms with Gasteiger partial charge in [-0.3, -0.25) is 0 Å². The normalized spacial score (nSPS) is 9.33. The Morgan fingerprint density at radius 2 is 2.00 bits per heavy atom. The maximum atomic E-state index is 3.80. The molecule has 1 heteroatoms. The zero-order valence-electron chi connectivity index (χ0n) is 7.09. The van der Waals surface area contributed by atoms with E-state index in [2.05, 4.69) is 37.4 Å². The summed E-state index contributed by atoms with van der Waals surface area (Å²) < 4.78 is 2.73. The Balaban J connectivity index is 2.81. The van der Waals surface area contributed by atoms with Crippen molar-refractivity contribution >= 4 is 30.8 Å². The van der Waals surface area contributed by atoms with E-state index < -0.39 is 21.1 Å². The van der Waals surface area contributed by atoms with Gasteiger partial charge in [-0.05, 0) is 0 Å². The molecule has 0 saturated carbocycles. The van der Waals surface area contributed by atoms with Crippen LogP contribution < -0.4 is 3.58 Å². The van der Waals surface area contributed by atoms with Crippen molar-refractivity contribution in [3.05, 3.63) is 49.1 Å². The Bertz CT molecular complexity index is 276. The van der Waals surface area contributed by atoms with Crippen LogP contribution in [0.3, 0.4) is 0 Å². The van der Waals surface area contributed by atoms with Crippen LogP contribution in [-0.4, -0.2) is 21.1 Å². The summed E-state index contributed by atoms with van der Waals surface area (Å²) in [4.78, 5) is 0. The summed E-state index contributed by atoms with van der Waals surface area (Å²) in [6.45, 7) is 7.55. The number of hydrogen-bond acceptors (Lipinski definition) is 0. The first-order chi connectivity index (χ1) is 5.88. The van der Waals surface area contributed by atoms with Crippen LogP contribution in [0.25, 0.3) is 6.08 Å². The van der Waals surface area contributed by atoms with E-state index in [1.54, 1.807) is 0 Å². The fourth-order valence-corrected chi connectivity index (χ4v) is 3.78. The monoisotopic (exact) mass is 264 g/mol. The van der Waals surface area contributed by atoms with Crippen LogP contribution in [0.5, 0.6) is 0 Å². The first-order valence-corrected chi connectivity index (χ1v) is 7.39. The van der Waals surface area contributed by atoms with Crippen LogP contribution in [-0.2, 0) is 0 Å². The maximum absolute atomic E-state index is 3.80. The van der Waals surface area contributed by atoms with E-state index in [-0.39, 0.29) is 0 Å². The van der Waals surface area contributed by atoms with Gasteiger partial charge in [-0.2, -0.15) is 0 Å². The molecule has 0 aromatic heterocycles. The number of rotatable bonds is 4. The van der Waals surface area contributed by atoms with E-state index >= 15 is 0 Å². The van der Waals surface area contributed by atoms with Crippen molar-refractivity contribution in [1.82, 2.24) is 0 Å². The predicted molar refractivity (Wildman–Crippen MR) is 56.9 cm³/mol. The fourth-order valence-electron chi connectivity index (χ4n) is 1.02. The molecule has 0 fully saturated rings. The van der Waals surface area contributed by atoms with E-state index in [1.165, 1.54) is 13.6 Å². The third-order valence-corrected chi connectivity index (χ3v) is 5.41. The molecule has 0 aliphatic carbocycles. The Kier molecular flexibility index (Phi) is 4.15. The van der Waals surface area contributed by atoms with Crippen molar-refractivity contribution in [3.8, 4) is 0 Å². The Labute approximate surface area is 84.2 Å². The Morgan fingerprint density at radius 1 is 1.25 bits per heavy atom. The molecule has 0 aliphatic heterocycles. The van der Waals surface area contributed by atoms with Gasteiger partial charge in [0.25, 0.3) is 0 Å².